The van der Waals surface area contributed by atoms with Crippen LogP contribution in [0.3, 0.4) is 0 Å². The summed E-state index contributed by atoms with van der Waals surface area (Å²) >= 11 is 0. The second-order valence-corrected chi connectivity index (χ2v) is 10.2. The molecule has 2 heterocycles. The smallest absolute Gasteiger partial charge is 0.477 e. The SMILES string of the molecule is CCOc1nn(C2C=CC=CC2)c(NC(=O)N[C@@H]2CN(C3CC=CC=C3OC(F)(F)F)C[C@H]2c2ccccc2)c1C. The molecule has 1 fully saturated rings. The van der Waals surface area contributed by atoms with Gasteiger partial charge >= 0.3 is 12.4 Å². The predicted octanol–water partition coefficient (Wildman–Crippen LogP) is 5.99. The van der Waals surface area contributed by atoms with Gasteiger partial charge in [0.15, 0.2) is 0 Å². The van der Waals surface area contributed by atoms with Crippen LogP contribution in [0.25, 0.3) is 0 Å². The fourth-order valence-corrected chi connectivity index (χ4v) is 5.66. The van der Waals surface area contributed by atoms with E-state index < -0.39 is 18.4 Å². The number of alkyl halides is 3. The lowest BCUT2D eigenvalue weighted by molar-refractivity contribution is -0.308. The summed E-state index contributed by atoms with van der Waals surface area (Å²) in [4.78, 5) is 15.4. The van der Waals surface area contributed by atoms with Gasteiger partial charge in [-0.2, -0.15) is 0 Å². The van der Waals surface area contributed by atoms with Gasteiger partial charge in [0.1, 0.15) is 11.6 Å². The van der Waals surface area contributed by atoms with Crippen molar-refractivity contribution in [1.82, 2.24) is 20.0 Å². The maximum atomic E-state index is 13.5. The van der Waals surface area contributed by atoms with E-state index in [-0.39, 0.29) is 23.8 Å². The van der Waals surface area contributed by atoms with Gasteiger partial charge < -0.3 is 14.8 Å². The predicted molar refractivity (Wildman–Crippen MR) is 150 cm³/mol. The molecular weight excluding hydrogens is 535 g/mol. The zero-order valence-electron chi connectivity index (χ0n) is 23.0. The molecule has 2 N–H and O–H groups in total. The van der Waals surface area contributed by atoms with Gasteiger partial charge in [-0.05, 0) is 38.3 Å². The molecular formula is C30H34F3N5O3. The van der Waals surface area contributed by atoms with Crippen molar-refractivity contribution in [2.45, 2.75) is 57.1 Å². The van der Waals surface area contributed by atoms with Crippen LogP contribution in [-0.2, 0) is 4.74 Å². The highest BCUT2D eigenvalue weighted by Gasteiger charge is 2.42. The Labute approximate surface area is 237 Å². The van der Waals surface area contributed by atoms with E-state index in [1.54, 1.807) is 10.8 Å². The van der Waals surface area contributed by atoms with Crippen LogP contribution in [0.4, 0.5) is 23.8 Å². The zero-order valence-corrected chi connectivity index (χ0v) is 23.0. The number of amides is 2. The van der Waals surface area contributed by atoms with Gasteiger partial charge in [-0.15, -0.1) is 18.3 Å². The molecule has 2 unspecified atom stereocenters. The largest absolute Gasteiger partial charge is 0.572 e. The quantitative estimate of drug-likeness (QED) is 0.409. The maximum Gasteiger partial charge on any atom is 0.572 e. The van der Waals surface area contributed by atoms with Crippen molar-refractivity contribution in [2.24, 2.45) is 0 Å². The van der Waals surface area contributed by atoms with Crippen LogP contribution in [0.15, 0.2) is 78.6 Å². The second kappa shape index (κ2) is 12.3. The van der Waals surface area contributed by atoms with Crippen molar-refractivity contribution in [2.75, 3.05) is 25.0 Å². The lowest BCUT2D eigenvalue weighted by Crippen LogP contribution is -2.44. The minimum atomic E-state index is -4.78. The number of benzene rings is 1. The summed E-state index contributed by atoms with van der Waals surface area (Å²) in [5.41, 5.74) is 1.71. The van der Waals surface area contributed by atoms with Crippen LogP contribution in [0, 0.1) is 6.92 Å². The van der Waals surface area contributed by atoms with Gasteiger partial charge in [-0.1, -0.05) is 66.8 Å². The number of urea groups is 1. The van der Waals surface area contributed by atoms with E-state index in [2.05, 4.69) is 20.5 Å². The van der Waals surface area contributed by atoms with Crippen molar-refractivity contribution in [3.05, 3.63) is 89.8 Å². The van der Waals surface area contributed by atoms with Crippen LogP contribution in [-0.4, -0.2) is 58.9 Å². The van der Waals surface area contributed by atoms with Gasteiger partial charge in [-0.25, -0.2) is 9.48 Å². The molecule has 1 aromatic carbocycles. The third kappa shape index (κ3) is 6.67. The number of halogens is 3. The summed E-state index contributed by atoms with van der Waals surface area (Å²) < 4.78 is 51.3. The number of nitrogens with zero attached hydrogens (tertiary/aromatic N) is 3. The second-order valence-electron chi connectivity index (χ2n) is 10.2. The lowest BCUT2D eigenvalue weighted by Gasteiger charge is -2.30. The molecule has 2 aromatic rings. The van der Waals surface area contributed by atoms with Gasteiger partial charge in [0.2, 0.25) is 5.88 Å². The summed E-state index contributed by atoms with van der Waals surface area (Å²) in [7, 11) is 0. The fraction of sp³-hybridized carbons (Fsp3) is 0.400. The molecule has 218 valence electrons. The maximum absolute atomic E-state index is 13.5. The van der Waals surface area contributed by atoms with Crippen molar-refractivity contribution < 1.29 is 27.4 Å². The number of hydrogen-bond donors (Lipinski definition) is 2. The topological polar surface area (TPSA) is 80.6 Å². The van der Waals surface area contributed by atoms with Crippen LogP contribution in [0.1, 0.15) is 42.9 Å². The number of allylic oxidation sites excluding steroid dienone is 6. The third-order valence-corrected chi connectivity index (χ3v) is 7.54. The summed E-state index contributed by atoms with van der Waals surface area (Å²) in [6.07, 6.45) is 9.04. The van der Waals surface area contributed by atoms with Gasteiger partial charge in [0.05, 0.1) is 30.3 Å². The van der Waals surface area contributed by atoms with E-state index in [9.17, 15) is 18.0 Å². The Morgan fingerprint density at radius 3 is 2.59 bits per heavy atom. The number of anilines is 1. The number of nitrogens with one attached hydrogen (secondary N) is 2. The number of ether oxygens (including phenoxy) is 2. The molecule has 0 radical (unpaired) electrons. The molecule has 3 aliphatic rings. The molecule has 2 aliphatic carbocycles. The molecule has 1 aliphatic heterocycles. The molecule has 4 atom stereocenters. The Morgan fingerprint density at radius 2 is 1.88 bits per heavy atom. The number of likely N-dealkylation sites (tertiary alicyclic amines) is 1. The van der Waals surface area contributed by atoms with Crippen molar-refractivity contribution in [1.29, 1.82) is 0 Å². The number of aromatic nitrogens is 2. The summed E-state index contributed by atoms with van der Waals surface area (Å²) in [6, 6.07) is 8.22. The average molecular weight is 570 g/mol. The molecule has 0 spiro atoms. The lowest BCUT2D eigenvalue weighted by atomic mass is 9.94. The summed E-state index contributed by atoms with van der Waals surface area (Å²) in [5.74, 6) is 0.698. The van der Waals surface area contributed by atoms with Gasteiger partial charge in [0, 0.05) is 19.0 Å². The van der Waals surface area contributed by atoms with Crippen LogP contribution in [0.5, 0.6) is 5.88 Å². The molecule has 8 nitrogen and oxygen atoms in total. The molecule has 41 heavy (non-hydrogen) atoms. The molecule has 1 aromatic heterocycles. The first-order valence-electron chi connectivity index (χ1n) is 13.8. The number of hydrogen-bond acceptors (Lipinski definition) is 5. The van der Waals surface area contributed by atoms with E-state index in [4.69, 9.17) is 4.74 Å². The first-order chi connectivity index (χ1) is 19.7. The number of carbonyl (C=O) groups is 1. The van der Waals surface area contributed by atoms with Crippen LogP contribution < -0.4 is 15.4 Å². The highest BCUT2D eigenvalue weighted by atomic mass is 19.4. The third-order valence-electron chi connectivity index (χ3n) is 7.54. The summed E-state index contributed by atoms with van der Waals surface area (Å²) in [5, 5.41) is 10.7. The fourth-order valence-electron chi connectivity index (χ4n) is 5.66. The Kier molecular flexibility index (Phi) is 8.53. The standard InChI is InChI=1S/C30H34F3N5O3/c1-3-40-28-20(2)27(38(36-28)22-14-8-5-9-15-22)35-29(39)34-24-19-37(18-23(24)21-12-6-4-7-13-21)25-16-10-11-17-26(25)41-30(31,32)33/h4-14,17,22-25H,3,15-16,18-19H2,1-2H3,(H2,34,35,39)/t22?,23-,24+,25?/m0/s1. The van der Waals surface area contributed by atoms with Crippen molar-refractivity contribution >= 4 is 11.8 Å². The molecule has 0 saturated carbocycles. The first-order valence-corrected chi connectivity index (χ1v) is 13.8. The van der Waals surface area contributed by atoms with E-state index >= 15 is 0 Å². The Morgan fingerprint density at radius 1 is 1.10 bits per heavy atom. The van der Waals surface area contributed by atoms with Crippen LogP contribution >= 0.6 is 0 Å². The Balaban J connectivity index is 1.37. The monoisotopic (exact) mass is 569 g/mol. The van der Waals surface area contributed by atoms with E-state index in [1.807, 2.05) is 79.5 Å². The first kappa shape index (κ1) is 28.5. The Hall–Kier alpha value is -3.99. The van der Waals surface area contributed by atoms with E-state index in [0.29, 0.717) is 43.4 Å². The molecule has 2 amide bonds. The zero-order chi connectivity index (χ0) is 29.0. The minimum absolute atomic E-state index is 0.0829. The molecule has 1 saturated heterocycles. The van der Waals surface area contributed by atoms with Gasteiger partial charge in [0.25, 0.3) is 0 Å². The number of rotatable bonds is 8. The molecule has 5 rings (SSSR count). The molecule has 0 bridgehead atoms. The normalized spacial score (nSPS) is 24.3. The van der Waals surface area contributed by atoms with Crippen molar-refractivity contribution in [3.63, 3.8) is 0 Å². The minimum Gasteiger partial charge on any atom is -0.477 e. The summed E-state index contributed by atoms with van der Waals surface area (Å²) in [6.45, 7) is 4.96. The average Bonchev–Trinajstić information content (AvgIpc) is 3.50. The van der Waals surface area contributed by atoms with Gasteiger partial charge in [-0.3, -0.25) is 10.2 Å². The van der Waals surface area contributed by atoms with Crippen molar-refractivity contribution in [3.8, 4) is 5.88 Å². The highest BCUT2D eigenvalue weighted by molar-refractivity contribution is 5.89. The highest BCUT2D eigenvalue weighted by Crippen LogP contribution is 2.35. The van der Waals surface area contributed by atoms with Crippen LogP contribution in [0.2, 0.25) is 0 Å². The molecule has 11 heteroatoms. The van der Waals surface area contributed by atoms with E-state index in [0.717, 1.165) is 12.0 Å². The number of carbonyl (C=O) groups excluding carboxylic acids is 1. The van der Waals surface area contributed by atoms with E-state index in [1.165, 1.54) is 6.08 Å². The Bertz CT molecular complexity index is 1350.